The van der Waals surface area contributed by atoms with Gasteiger partial charge in [0.1, 0.15) is 5.60 Å². The van der Waals surface area contributed by atoms with Crippen molar-refractivity contribution in [1.82, 2.24) is 4.90 Å². The molecule has 150 valence electrons. The predicted octanol–water partition coefficient (Wildman–Crippen LogP) is 1.94. The van der Waals surface area contributed by atoms with Crippen LogP contribution in [0.2, 0.25) is 0 Å². The summed E-state index contributed by atoms with van der Waals surface area (Å²) in [4.78, 5) is 24.8. The first-order chi connectivity index (χ1) is 12.6. The van der Waals surface area contributed by atoms with Gasteiger partial charge in [0.2, 0.25) is 0 Å². The second kappa shape index (κ2) is 9.82. The van der Waals surface area contributed by atoms with Crippen LogP contribution in [0, 0.1) is 0 Å². The third kappa shape index (κ3) is 7.57. The summed E-state index contributed by atoms with van der Waals surface area (Å²) >= 11 is 0. The molecule has 1 atom stereocenters. The van der Waals surface area contributed by atoms with Gasteiger partial charge in [-0.1, -0.05) is 6.58 Å². The van der Waals surface area contributed by atoms with E-state index in [1.165, 1.54) is 4.90 Å². The minimum atomic E-state index is -0.981. The molecular formula is C19H29N3O5. The third-order valence-electron chi connectivity index (χ3n) is 3.77. The van der Waals surface area contributed by atoms with E-state index in [4.69, 9.17) is 15.6 Å². The Bertz CT molecular complexity index is 640. The number of esters is 1. The van der Waals surface area contributed by atoms with Gasteiger partial charge in [-0.25, -0.2) is 9.59 Å². The second-order valence-electron chi connectivity index (χ2n) is 7.09. The third-order valence-corrected chi connectivity index (χ3v) is 3.77. The van der Waals surface area contributed by atoms with E-state index in [-0.39, 0.29) is 18.6 Å². The maximum absolute atomic E-state index is 11.0. The van der Waals surface area contributed by atoms with Gasteiger partial charge in [-0.3, -0.25) is 4.90 Å². The molecule has 0 aromatic heterocycles. The van der Waals surface area contributed by atoms with Crippen LogP contribution in [0.1, 0.15) is 20.8 Å². The molecule has 1 aromatic carbocycles. The summed E-state index contributed by atoms with van der Waals surface area (Å²) in [6, 6.07) is 7.05. The number of nitrogens with zero attached hydrogens (tertiary/aromatic N) is 2. The van der Waals surface area contributed by atoms with E-state index in [9.17, 15) is 14.7 Å². The fraction of sp³-hybridized carbons (Fsp3) is 0.474. The van der Waals surface area contributed by atoms with Gasteiger partial charge in [0, 0.05) is 37.1 Å². The number of hydrogen-bond donors (Lipinski definition) is 3. The Balaban J connectivity index is 0.000000345. The lowest BCUT2D eigenvalue weighted by atomic mass is 10.1. The molecule has 4 N–H and O–H groups in total. The zero-order valence-electron chi connectivity index (χ0n) is 16.1. The number of ether oxygens (including phenoxy) is 1. The van der Waals surface area contributed by atoms with Gasteiger partial charge in [-0.2, -0.15) is 0 Å². The predicted molar refractivity (Wildman–Crippen MR) is 105 cm³/mol. The molecule has 1 fully saturated rings. The van der Waals surface area contributed by atoms with Crippen LogP contribution in [-0.4, -0.2) is 65.1 Å². The molecule has 0 unspecified atom stereocenters. The van der Waals surface area contributed by atoms with Crippen molar-refractivity contribution in [3.63, 3.8) is 0 Å². The lowest BCUT2D eigenvalue weighted by Crippen LogP contribution is -2.56. The standard InChI is InChI=1S/C12H17N3O3.C7H12O2/c13-9-1-3-10(4-2-9)14-5-6-15(12(17)18)11(7-14)8-16;1-5-6(8)9-7(2,3)4/h1-4,11,16H,5-8,13H2,(H,17,18);5H,1H2,2-4H3/t11-;/m1./s1. The largest absolute Gasteiger partial charge is 0.465 e. The van der Waals surface area contributed by atoms with Gasteiger partial charge >= 0.3 is 12.1 Å². The Morgan fingerprint density at radius 1 is 1.30 bits per heavy atom. The molecule has 1 aliphatic rings. The number of nitrogen functional groups attached to an aromatic ring is 1. The van der Waals surface area contributed by atoms with Crippen LogP contribution in [0.3, 0.4) is 0 Å². The Morgan fingerprint density at radius 2 is 1.89 bits per heavy atom. The van der Waals surface area contributed by atoms with Crippen molar-refractivity contribution in [2.24, 2.45) is 0 Å². The number of amides is 1. The summed E-state index contributed by atoms with van der Waals surface area (Å²) in [6.45, 7) is 10.0. The minimum absolute atomic E-state index is 0.169. The number of nitrogens with two attached hydrogens (primary N) is 1. The van der Waals surface area contributed by atoms with E-state index in [1.807, 2.05) is 45.0 Å². The van der Waals surface area contributed by atoms with Gasteiger partial charge in [0.05, 0.1) is 12.6 Å². The van der Waals surface area contributed by atoms with E-state index in [2.05, 4.69) is 11.5 Å². The maximum Gasteiger partial charge on any atom is 0.407 e. The van der Waals surface area contributed by atoms with E-state index >= 15 is 0 Å². The fourth-order valence-electron chi connectivity index (χ4n) is 2.53. The van der Waals surface area contributed by atoms with Crippen molar-refractivity contribution in [2.45, 2.75) is 32.4 Å². The van der Waals surface area contributed by atoms with E-state index in [0.29, 0.717) is 25.3 Å². The Morgan fingerprint density at radius 3 is 2.30 bits per heavy atom. The van der Waals surface area contributed by atoms with E-state index in [1.54, 1.807) is 0 Å². The van der Waals surface area contributed by atoms with Crippen LogP contribution in [-0.2, 0) is 9.53 Å². The van der Waals surface area contributed by atoms with Crippen LogP contribution >= 0.6 is 0 Å². The van der Waals surface area contributed by atoms with Gasteiger partial charge in [0.15, 0.2) is 0 Å². The molecule has 1 aromatic rings. The summed E-state index contributed by atoms with van der Waals surface area (Å²) in [7, 11) is 0. The van der Waals surface area contributed by atoms with Crippen LogP contribution in [0.4, 0.5) is 16.2 Å². The molecule has 0 radical (unpaired) electrons. The Labute approximate surface area is 159 Å². The topological polar surface area (TPSA) is 116 Å². The maximum atomic E-state index is 11.0. The number of carbonyl (C=O) groups excluding carboxylic acids is 1. The molecule has 0 aliphatic carbocycles. The molecule has 0 saturated carbocycles. The zero-order valence-corrected chi connectivity index (χ0v) is 16.1. The first-order valence-corrected chi connectivity index (χ1v) is 8.63. The monoisotopic (exact) mass is 379 g/mol. The van der Waals surface area contributed by atoms with Crippen molar-refractivity contribution >= 4 is 23.4 Å². The fourth-order valence-corrected chi connectivity index (χ4v) is 2.53. The first-order valence-electron chi connectivity index (χ1n) is 8.63. The Kier molecular flexibility index (Phi) is 8.11. The lowest BCUT2D eigenvalue weighted by Gasteiger charge is -2.40. The average molecular weight is 379 g/mol. The minimum Gasteiger partial charge on any atom is -0.465 e. The van der Waals surface area contributed by atoms with Crippen LogP contribution < -0.4 is 10.6 Å². The van der Waals surface area contributed by atoms with Crippen LogP contribution in [0.25, 0.3) is 0 Å². The smallest absolute Gasteiger partial charge is 0.407 e. The highest BCUT2D eigenvalue weighted by Crippen LogP contribution is 2.20. The highest BCUT2D eigenvalue weighted by molar-refractivity contribution is 5.81. The quantitative estimate of drug-likeness (QED) is 0.417. The molecule has 1 saturated heterocycles. The molecule has 1 aliphatic heterocycles. The van der Waals surface area contributed by atoms with Crippen molar-refractivity contribution in [2.75, 3.05) is 36.9 Å². The van der Waals surface area contributed by atoms with Crippen molar-refractivity contribution < 1.29 is 24.5 Å². The van der Waals surface area contributed by atoms with E-state index in [0.717, 1.165) is 11.8 Å². The normalized spacial score (nSPS) is 16.8. The van der Waals surface area contributed by atoms with E-state index < -0.39 is 11.7 Å². The molecule has 2 rings (SSSR count). The van der Waals surface area contributed by atoms with Crippen LogP contribution in [0.15, 0.2) is 36.9 Å². The number of piperazine rings is 1. The lowest BCUT2D eigenvalue weighted by molar-refractivity contribution is -0.148. The summed E-state index contributed by atoms with van der Waals surface area (Å²) in [5.74, 6) is -0.373. The molecule has 8 nitrogen and oxygen atoms in total. The summed E-state index contributed by atoms with van der Waals surface area (Å²) in [5.41, 5.74) is 6.92. The molecule has 0 bridgehead atoms. The van der Waals surface area contributed by atoms with Gasteiger partial charge < -0.3 is 25.6 Å². The summed E-state index contributed by atoms with van der Waals surface area (Å²) < 4.78 is 4.83. The number of benzene rings is 1. The first kappa shape index (κ1) is 22.3. The zero-order chi connectivity index (χ0) is 20.6. The van der Waals surface area contributed by atoms with Crippen molar-refractivity contribution in [1.29, 1.82) is 0 Å². The SMILES string of the molecule is C=CC(=O)OC(C)(C)C.Nc1ccc(N2CCN(C(=O)O)[C@@H](CO)C2)cc1. The van der Waals surface area contributed by atoms with Gasteiger partial charge in [-0.15, -0.1) is 0 Å². The number of rotatable bonds is 3. The van der Waals surface area contributed by atoms with Gasteiger partial charge in [-0.05, 0) is 45.0 Å². The number of aliphatic hydroxyl groups excluding tert-OH is 1. The number of hydrogen-bond acceptors (Lipinski definition) is 6. The molecule has 1 heterocycles. The highest BCUT2D eigenvalue weighted by Gasteiger charge is 2.29. The number of anilines is 2. The van der Waals surface area contributed by atoms with Crippen molar-refractivity contribution in [3.8, 4) is 0 Å². The van der Waals surface area contributed by atoms with Crippen LogP contribution in [0.5, 0.6) is 0 Å². The van der Waals surface area contributed by atoms with Gasteiger partial charge in [0.25, 0.3) is 0 Å². The summed E-state index contributed by atoms with van der Waals surface area (Å²) in [5, 5.41) is 18.3. The number of carboxylic acid groups (broad SMARTS) is 1. The Hall–Kier alpha value is -2.74. The highest BCUT2D eigenvalue weighted by atomic mass is 16.6. The molecule has 0 spiro atoms. The summed E-state index contributed by atoms with van der Waals surface area (Å²) in [6.07, 6.45) is 0.177. The molecular weight excluding hydrogens is 350 g/mol. The molecule has 8 heteroatoms. The molecule has 27 heavy (non-hydrogen) atoms. The average Bonchev–Trinajstić information content (AvgIpc) is 2.60. The number of aliphatic hydroxyl groups is 1. The second-order valence-corrected chi connectivity index (χ2v) is 7.09. The molecule has 1 amide bonds. The van der Waals surface area contributed by atoms with Crippen molar-refractivity contribution in [3.05, 3.63) is 36.9 Å². The number of carbonyl (C=O) groups is 2.